The van der Waals surface area contributed by atoms with Crippen molar-refractivity contribution in [2.24, 2.45) is 0 Å². The number of nitrogens with zero attached hydrogens (tertiary/aromatic N) is 1. The predicted molar refractivity (Wildman–Crippen MR) is 69.1 cm³/mol. The highest BCUT2D eigenvalue weighted by atomic mass is 35.5. The number of esters is 1. The van der Waals surface area contributed by atoms with Crippen molar-refractivity contribution in [3.63, 3.8) is 0 Å². The summed E-state index contributed by atoms with van der Waals surface area (Å²) in [4.78, 5) is 24.7. The molecule has 96 valence electrons. The number of alkyl halides is 1. The summed E-state index contributed by atoms with van der Waals surface area (Å²) in [7, 11) is 0. The summed E-state index contributed by atoms with van der Waals surface area (Å²) < 4.78 is 5.02. The Bertz CT molecular complexity index is 487. The monoisotopic (exact) mass is 267 g/mol. The molecule has 18 heavy (non-hydrogen) atoms. The summed E-state index contributed by atoms with van der Waals surface area (Å²) in [6.45, 7) is 2.74. The largest absolute Gasteiger partial charge is 0.426 e. The molecule has 0 atom stereocenters. The molecule has 0 aliphatic carbocycles. The first-order valence-electron chi connectivity index (χ1n) is 5.85. The molecule has 0 fully saturated rings. The van der Waals surface area contributed by atoms with Gasteiger partial charge in [0.2, 0.25) is 5.91 Å². The standard InChI is InChI=1S/C13H14ClNO3/c1-2-5-15-11-4-3-10(18-13(17)8-14)6-9(11)7-12(15)16/h3-4,6H,2,5,7-8H2,1H3. The second-order valence-electron chi connectivity index (χ2n) is 4.12. The molecule has 2 rings (SSSR count). The van der Waals surface area contributed by atoms with Gasteiger partial charge < -0.3 is 9.64 Å². The minimum Gasteiger partial charge on any atom is -0.426 e. The van der Waals surface area contributed by atoms with E-state index in [1.165, 1.54) is 0 Å². The highest BCUT2D eigenvalue weighted by Gasteiger charge is 2.26. The SMILES string of the molecule is CCCN1C(=O)Cc2cc(OC(=O)CCl)ccc21. The lowest BCUT2D eigenvalue weighted by molar-refractivity contribution is -0.131. The minimum atomic E-state index is -0.494. The Labute approximate surface area is 110 Å². The first-order chi connectivity index (χ1) is 8.65. The van der Waals surface area contributed by atoms with Crippen molar-refractivity contribution in [2.45, 2.75) is 19.8 Å². The average molecular weight is 268 g/mol. The van der Waals surface area contributed by atoms with Gasteiger partial charge in [0.05, 0.1) is 6.42 Å². The van der Waals surface area contributed by atoms with Crippen LogP contribution in [0.15, 0.2) is 18.2 Å². The Morgan fingerprint density at radius 3 is 2.94 bits per heavy atom. The number of ether oxygens (including phenoxy) is 1. The van der Waals surface area contributed by atoms with E-state index in [1.807, 2.05) is 13.0 Å². The summed E-state index contributed by atoms with van der Waals surface area (Å²) in [6.07, 6.45) is 1.27. The molecule has 1 aromatic carbocycles. The minimum absolute atomic E-state index is 0.0904. The first-order valence-corrected chi connectivity index (χ1v) is 6.39. The lowest BCUT2D eigenvalue weighted by atomic mass is 10.1. The van der Waals surface area contributed by atoms with E-state index in [0.29, 0.717) is 18.7 Å². The molecule has 0 radical (unpaired) electrons. The predicted octanol–water partition coefficient (Wildman–Crippen LogP) is 2.13. The van der Waals surface area contributed by atoms with Gasteiger partial charge >= 0.3 is 5.97 Å². The molecular formula is C13H14ClNO3. The third kappa shape index (κ3) is 2.48. The molecule has 1 aliphatic heterocycles. The Hall–Kier alpha value is -1.55. The average Bonchev–Trinajstić information content (AvgIpc) is 2.66. The van der Waals surface area contributed by atoms with Crippen LogP contribution in [0, 0.1) is 0 Å². The van der Waals surface area contributed by atoms with Gasteiger partial charge in [-0.2, -0.15) is 0 Å². The van der Waals surface area contributed by atoms with Crippen LogP contribution in [-0.2, 0) is 16.0 Å². The number of benzene rings is 1. The fraction of sp³-hybridized carbons (Fsp3) is 0.385. The van der Waals surface area contributed by atoms with E-state index in [2.05, 4.69) is 0 Å². The number of carbonyl (C=O) groups excluding carboxylic acids is 2. The molecular weight excluding hydrogens is 254 g/mol. The highest BCUT2D eigenvalue weighted by molar-refractivity contribution is 6.26. The molecule has 1 aromatic rings. The molecule has 1 heterocycles. The van der Waals surface area contributed by atoms with Crippen molar-refractivity contribution in [1.82, 2.24) is 0 Å². The molecule has 0 saturated carbocycles. The fourth-order valence-corrected chi connectivity index (χ4v) is 2.11. The van der Waals surface area contributed by atoms with Crippen LogP contribution < -0.4 is 9.64 Å². The van der Waals surface area contributed by atoms with Crippen molar-refractivity contribution >= 4 is 29.2 Å². The van der Waals surface area contributed by atoms with Gasteiger partial charge in [0.25, 0.3) is 0 Å². The molecule has 1 aliphatic rings. The maximum absolute atomic E-state index is 11.8. The van der Waals surface area contributed by atoms with Gasteiger partial charge in [-0.25, -0.2) is 0 Å². The third-order valence-corrected chi connectivity index (χ3v) is 2.99. The molecule has 0 bridgehead atoms. The van der Waals surface area contributed by atoms with E-state index in [4.69, 9.17) is 16.3 Å². The molecule has 0 aromatic heterocycles. The van der Waals surface area contributed by atoms with Crippen molar-refractivity contribution in [2.75, 3.05) is 17.3 Å². The van der Waals surface area contributed by atoms with Crippen LogP contribution in [0.3, 0.4) is 0 Å². The molecule has 0 spiro atoms. The van der Waals surface area contributed by atoms with E-state index in [0.717, 1.165) is 17.7 Å². The number of hydrogen-bond acceptors (Lipinski definition) is 3. The summed E-state index contributed by atoms with van der Waals surface area (Å²) in [6, 6.07) is 5.23. The molecule has 0 N–H and O–H groups in total. The molecule has 0 saturated heterocycles. The maximum Gasteiger partial charge on any atom is 0.326 e. The summed E-state index contributed by atoms with van der Waals surface area (Å²) in [5, 5.41) is 0. The second kappa shape index (κ2) is 5.40. The Morgan fingerprint density at radius 2 is 2.28 bits per heavy atom. The lowest BCUT2D eigenvalue weighted by Crippen LogP contribution is -2.27. The van der Waals surface area contributed by atoms with Crippen LogP contribution in [0.2, 0.25) is 0 Å². The highest BCUT2D eigenvalue weighted by Crippen LogP contribution is 2.32. The van der Waals surface area contributed by atoms with E-state index in [1.54, 1.807) is 17.0 Å². The van der Waals surface area contributed by atoms with Crippen molar-refractivity contribution in [3.8, 4) is 5.75 Å². The maximum atomic E-state index is 11.8. The van der Waals surface area contributed by atoms with Crippen LogP contribution in [0.1, 0.15) is 18.9 Å². The first kappa shape index (κ1) is 12.9. The van der Waals surface area contributed by atoms with Crippen LogP contribution in [0.4, 0.5) is 5.69 Å². The van der Waals surface area contributed by atoms with E-state index in [9.17, 15) is 9.59 Å². The van der Waals surface area contributed by atoms with Gasteiger partial charge in [0.15, 0.2) is 0 Å². The van der Waals surface area contributed by atoms with Crippen LogP contribution in [0.5, 0.6) is 5.75 Å². The van der Waals surface area contributed by atoms with Gasteiger partial charge in [-0.3, -0.25) is 9.59 Å². The van der Waals surface area contributed by atoms with Gasteiger partial charge in [-0.1, -0.05) is 6.92 Å². The number of anilines is 1. The number of fused-ring (bicyclic) bond motifs is 1. The zero-order valence-electron chi connectivity index (χ0n) is 10.1. The zero-order chi connectivity index (χ0) is 13.1. The molecule has 5 heteroatoms. The van der Waals surface area contributed by atoms with Crippen LogP contribution in [0.25, 0.3) is 0 Å². The Morgan fingerprint density at radius 1 is 1.50 bits per heavy atom. The van der Waals surface area contributed by atoms with Crippen molar-refractivity contribution in [3.05, 3.63) is 23.8 Å². The zero-order valence-corrected chi connectivity index (χ0v) is 10.9. The molecule has 0 unspecified atom stereocenters. The summed E-state index contributed by atoms with van der Waals surface area (Å²) in [5.41, 5.74) is 1.81. The third-order valence-electron chi connectivity index (χ3n) is 2.77. The van der Waals surface area contributed by atoms with Crippen LogP contribution in [-0.4, -0.2) is 24.3 Å². The summed E-state index contributed by atoms with van der Waals surface area (Å²) in [5.74, 6) is -0.151. The van der Waals surface area contributed by atoms with Gasteiger partial charge in [0, 0.05) is 12.2 Å². The lowest BCUT2D eigenvalue weighted by Gasteiger charge is -2.16. The number of amides is 1. The van der Waals surface area contributed by atoms with Gasteiger partial charge in [-0.15, -0.1) is 11.6 Å². The normalized spacial score (nSPS) is 13.7. The van der Waals surface area contributed by atoms with Crippen molar-refractivity contribution in [1.29, 1.82) is 0 Å². The van der Waals surface area contributed by atoms with Crippen molar-refractivity contribution < 1.29 is 14.3 Å². The number of carbonyl (C=O) groups is 2. The van der Waals surface area contributed by atoms with E-state index >= 15 is 0 Å². The van der Waals surface area contributed by atoms with Gasteiger partial charge in [0.1, 0.15) is 11.6 Å². The van der Waals surface area contributed by atoms with Gasteiger partial charge in [-0.05, 0) is 30.2 Å². The van der Waals surface area contributed by atoms with E-state index in [-0.39, 0.29) is 11.8 Å². The molecule has 1 amide bonds. The topological polar surface area (TPSA) is 46.6 Å². The summed E-state index contributed by atoms with van der Waals surface area (Å²) >= 11 is 5.37. The number of hydrogen-bond donors (Lipinski definition) is 0. The number of halogens is 1. The smallest absolute Gasteiger partial charge is 0.326 e. The molecule has 4 nitrogen and oxygen atoms in total. The Balaban J connectivity index is 2.22. The quantitative estimate of drug-likeness (QED) is 0.477. The second-order valence-corrected chi connectivity index (χ2v) is 4.39. The number of rotatable bonds is 4. The van der Waals surface area contributed by atoms with Crippen LogP contribution >= 0.6 is 11.6 Å². The Kier molecular flexibility index (Phi) is 3.87. The fourth-order valence-electron chi connectivity index (χ4n) is 2.05. The van der Waals surface area contributed by atoms with E-state index < -0.39 is 5.97 Å².